The predicted octanol–water partition coefficient (Wildman–Crippen LogP) is 3.27. The highest BCUT2D eigenvalue weighted by Gasteiger charge is 2.37. The standard InChI is InChI=1S/C28H33F2N7O3/c1-5-21-26(22(6-2)33-14-32-21)37(16-39)28-18(27(31-4)36-11-10-35(15-38)13-17(36)3)12-20(30)25(34-28)24-19(29)8-7-9-23(24)40/h7-9,12,14-17,21,26,40H,5-6,10-11,13H2,1-4H3/b31-27+. The van der Waals surface area contributed by atoms with E-state index in [0.717, 1.165) is 18.5 Å². The number of carbonyl (C=O) groups excluding carboxylic acids is 2. The summed E-state index contributed by atoms with van der Waals surface area (Å²) in [7, 11) is 1.55. The van der Waals surface area contributed by atoms with Gasteiger partial charge in [0.05, 0.1) is 23.2 Å². The number of aliphatic imine (C=N–C) groups is 3. The van der Waals surface area contributed by atoms with E-state index in [-0.39, 0.29) is 23.5 Å². The van der Waals surface area contributed by atoms with Crippen molar-refractivity contribution < 1.29 is 23.5 Å². The Morgan fingerprint density at radius 3 is 2.60 bits per heavy atom. The minimum Gasteiger partial charge on any atom is -0.507 e. The van der Waals surface area contributed by atoms with Crippen molar-refractivity contribution in [1.82, 2.24) is 14.8 Å². The molecular formula is C28H33F2N7O3. The summed E-state index contributed by atoms with van der Waals surface area (Å²) in [6, 6.07) is 3.65. The molecule has 1 N–H and O–H groups in total. The number of anilines is 1. The molecule has 3 heterocycles. The number of piperazine rings is 1. The smallest absolute Gasteiger partial charge is 0.216 e. The van der Waals surface area contributed by atoms with E-state index in [0.29, 0.717) is 50.4 Å². The minimum absolute atomic E-state index is 0.0290. The van der Waals surface area contributed by atoms with Crippen LogP contribution in [0.5, 0.6) is 5.75 Å². The van der Waals surface area contributed by atoms with Crippen molar-refractivity contribution in [3.8, 4) is 17.0 Å². The van der Waals surface area contributed by atoms with Crippen molar-refractivity contribution in [2.45, 2.75) is 51.7 Å². The van der Waals surface area contributed by atoms with E-state index in [1.807, 2.05) is 25.7 Å². The van der Waals surface area contributed by atoms with Crippen LogP contribution in [0.15, 0.2) is 39.2 Å². The zero-order valence-electron chi connectivity index (χ0n) is 23.0. The fraction of sp³-hybridized carbons (Fsp3) is 0.429. The second-order valence-electron chi connectivity index (χ2n) is 9.69. The first kappa shape index (κ1) is 28.8. The number of phenols is 1. The van der Waals surface area contributed by atoms with Gasteiger partial charge in [0.1, 0.15) is 35.3 Å². The maximum absolute atomic E-state index is 15.8. The molecule has 1 fully saturated rings. The van der Waals surface area contributed by atoms with Gasteiger partial charge >= 0.3 is 0 Å². The molecule has 1 aromatic carbocycles. The molecule has 0 radical (unpaired) electrons. The summed E-state index contributed by atoms with van der Waals surface area (Å²) >= 11 is 0. The monoisotopic (exact) mass is 553 g/mol. The van der Waals surface area contributed by atoms with Gasteiger partial charge in [0.25, 0.3) is 0 Å². The molecule has 2 aliphatic rings. The molecule has 212 valence electrons. The van der Waals surface area contributed by atoms with Crippen LogP contribution in [0.2, 0.25) is 0 Å². The second kappa shape index (κ2) is 12.3. The number of benzene rings is 1. The largest absolute Gasteiger partial charge is 0.507 e. The number of carbonyl (C=O) groups is 2. The van der Waals surface area contributed by atoms with Crippen LogP contribution in [0.3, 0.4) is 0 Å². The number of pyridine rings is 1. The third kappa shape index (κ3) is 5.30. The van der Waals surface area contributed by atoms with Crippen LogP contribution in [0.4, 0.5) is 14.6 Å². The van der Waals surface area contributed by atoms with E-state index in [4.69, 9.17) is 0 Å². The number of nitrogens with zero attached hydrogens (tertiary/aromatic N) is 7. The van der Waals surface area contributed by atoms with Crippen molar-refractivity contribution in [3.63, 3.8) is 0 Å². The Morgan fingerprint density at radius 1 is 1.23 bits per heavy atom. The normalized spacial score (nSPS) is 21.3. The molecule has 0 saturated carbocycles. The summed E-state index contributed by atoms with van der Waals surface area (Å²) in [6.45, 7) is 7.03. The van der Waals surface area contributed by atoms with Crippen molar-refractivity contribution in [1.29, 1.82) is 0 Å². The molecule has 0 spiro atoms. The van der Waals surface area contributed by atoms with Crippen molar-refractivity contribution in [3.05, 3.63) is 41.5 Å². The first-order chi connectivity index (χ1) is 19.3. The lowest BCUT2D eigenvalue weighted by Gasteiger charge is -2.41. The van der Waals surface area contributed by atoms with Gasteiger partial charge in [-0.1, -0.05) is 19.9 Å². The Labute approximate surface area is 231 Å². The van der Waals surface area contributed by atoms with Crippen LogP contribution in [0, 0.1) is 11.6 Å². The summed E-state index contributed by atoms with van der Waals surface area (Å²) in [6.07, 6.45) is 3.96. The molecule has 0 bridgehead atoms. The average molecular weight is 554 g/mol. The lowest BCUT2D eigenvalue weighted by molar-refractivity contribution is -0.120. The van der Waals surface area contributed by atoms with E-state index >= 15 is 4.39 Å². The van der Waals surface area contributed by atoms with E-state index in [2.05, 4.69) is 20.0 Å². The number of aromatic hydroxyl groups is 1. The summed E-state index contributed by atoms with van der Waals surface area (Å²) in [4.78, 5) is 47.0. The molecule has 4 rings (SSSR count). The number of hydrogen-bond acceptors (Lipinski definition) is 7. The maximum Gasteiger partial charge on any atom is 0.216 e. The topological polar surface area (TPSA) is 114 Å². The first-order valence-electron chi connectivity index (χ1n) is 13.2. The van der Waals surface area contributed by atoms with E-state index in [1.54, 1.807) is 11.9 Å². The van der Waals surface area contributed by atoms with Gasteiger partial charge < -0.3 is 14.9 Å². The van der Waals surface area contributed by atoms with Gasteiger partial charge in [0.15, 0.2) is 5.82 Å². The van der Waals surface area contributed by atoms with Crippen LogP contribution in [-0.4, -0.2) is 95.4 Å². The SMILES string of the molecule is CCC1=NC=NC(CC)C1N(C=O)c1nc(-c2c(O)cccc2F)c(F)cc1/C(=N\C)N1CCN(C=O)CC1C. The number of hydrogen-bond donors (Lipinski definition) is 1. The lowest BCUT2D eigenvalue weighted by atomic mass is 9.96. The van der Waals surface area contributed by atoms with Crippen LogP contribution < -0.4 is 4.90 Å². The molecule has 0 aliphatic carbocycles. The van der Waals surface area contributed by atoms with Crippen LogP contribution in [-0.2, 0) is 9.59 Å². The summed E-state index contributed by atoms with van der Waals surface area (Å²) in [5.74, 6) is -1.87. The van der Waals surface area contributed by atoms with Crippen LogP contribution in [0.1, 0.15) is 39.2 Å². The van der Waals surface area contributed by atoms with E-state index < -0.39 is 34.7 Å². The Bertz CT molecular complexity index is 1340. The fourth-order valence-corrected chi connectivity index (χ4v) is 5.36. The Balaban J connectivity index is 1.96. The van der Waals surface area contributed by atoms with Gasteiger partial charge in [-0.15, -0.1) is 0 Å². The first-order valence-corrected chi connectivity index (χ1v) is 13.2. The van der Waals surface area contributed by atoms with Gasteiger partial charge in [-0.05, 0) is 38.0 Å². The molecule has 10 nitrogen and oxygen atoms in total. The number of phenolic OH excluding ortho intramolecular Hbond substituents is 1. The van der Waals surface area contributed by atoms with E-state index in [9.17, 15) is 19.1 Å². The molecule has 12 heteroatoms. The molecular weight excluding hydrogens is 520 g/mol. The summed E-state index contributed by atoms with van der Waals surface area (Å²) in [5.41, 5.74) is 0.0275. The molecule has 3 unspecified atom stereocenters. The second-order valence-corrected chi connectivity index (χ2v) is 9.69. The molecule has 1 aromatic heterocycles. The number of rotatable bonds is 8. The van der Waals surface area contributed by atoms with Crippen LogP contribution in [0.25, 0.3) is 11.3 Å². The molecule has 40 heavy (non-hydrogen) atoms. The molecule has 1 saturated heterocycles. The average Bonchev–Trinajstić information content (AvgIpc) is 2.96. The summed E-state index contributed by atoms with van der Waals surface area (Å²) in [5, 5.41) is 10.4. The fourth-order valence-electron chi connectivity index (χ4n) is 5.36. The summed E-state index contributed by atoms with van der Waals surface area (Å²) < 4.78 is 30.7. The van der Waals surface area contributed by atoms with Gasteiger partial charge in [-0.3, -0.25) is 24.5 Å². The number of amidine groups is 1. The van der Waals surface area contributed by atoms with Gasteiger partial charge in [-0.25, -0.2) is 18.8 Å². The van der Waals surface area contributed by atoms with Crippen molar-refractivity contribution in [2.75, 3.05) is 31.6 Å². The third-order valence-electron chi connectivity index (χ3n) is 7.34. The number of aromatic nitrogens is 1. The highest BCUT2D eigenvalue weighted by atomic mass is 19.1. The van der Waals surface area contributed by atoms with Gasteiger partial charge in [0, 0.05) is 38.4 Å². The zero-order chi connectivity index (χ0) is 29.0. The predicted molar refractivity (Wildman–Crippen MR) is 150 cm³/mol. The Morgan fingerprint density at radius 2 is 2.00 bits per heavy atom. The number of halogens is 2. The van der Waals surface area contributed by atoms with Gasteiger partial charge in [0.2, 0.25) is 12.8 Å². The van der Waals surface area contributed by atoms with E-state index in [1.165, 1.54) is 23.4 Å². The maximum atomic E-state index is 15.8. The minimum atomic E-state index is -0.900. The lowest BCUT2D eigenvalue weighted by Crippen LogP contribution is -2.54. The quantitative estimate of drug-likeness (QED) is 0.306. The zero-order valence-corrected chi connectivity index (χ0v) is 23.0. The molecule has 2 aliphatic heterocycles. The third-order valence-corrected chi connectivity index (χ3v) is 7.34. The molecule has 2 amide bonds. The molecule has 2 aromatic rings. The van der Waals surface area contributed by atoms with Crippen LogP contribution >= 0.6 is 0 Å². The van der Waals surface area contributed by atoms with Gasteiger partial charge in [-0.2, -0.15) is 0 Å². The molecule has 3 atom stereocenters. The highest BCUT2D eigenvalue weighted by Crippen LogP contribution is 2.36. The highest BCUT2D eigenvalue weighted by molar-refractivity contribution is 6.08. The van der Waals surface area contributed by atoms with Crippen molar-refractivity contribution >= 4 is 36.5 Å². The Kier molecular flexibility index (Phi) is 8.86. The van der Waals surface area contributed by atoms with Crippen molar-refractivity contribution in [2.24, 2.45) is 15.0 Å². The number of amides is 2. The Hall–Kier alpha value is -4.22.